The fourth-order valence-electron chi connectivity index (χ4n) is 2.48. The fourth-order valence-corrected chi connectivity index (χ4v) is 2.48. The van der Waals surface area contributed by atoms with E-state index in [1.807, 2.05) is 0 Å². The number of ether oxygens (including phenoxy) is 4. The van der Waals surface area contributed by atoms with E-state index < -0.39 is 0 Å². The van der Waals surface area contributed by atoms with Gasteiger partial charge in [0, 0.05) is 11.6 Å². The number of methoxy groups -OCH3 is 3. The molecule has 0 fully saturated rings. The zero-order valence-corrected chi connectivity index (χ0v) is 15.5. The van der Waals surface area contributed by atoms with Crippen molar-refractivity contribution in [3.8, 4) is 28.7 Å². The number of allylic oxidation sites excluding steroid dienone is 1. The van der Waals surface area contributed by atoms with Crippen molar-refractivity contribution in [3.05, 3.63) is 60.2 Å². The van der Waals surface area contributed by atoms with Crippen molar-refractivity contribution in [1.82, 2.24) is 0 Å². The number of hydrogen-bond donors (Lipinski definition) is 1. The Hall–Kier alpha value is -3.41. The number of phenols is 1. The minimum absolute atomic E-state index is 0.162. The van der Waals surface area contributed by atoms with Gasteiger partial charge in [-0.25, -0.2) is 0 Å². The van der Waals surface area contributed by atoms with Crippen LogP contribution in [0.4, 0.5) is 0 Å². The maximum Gasteiger partial charge on any atom is 0.203 e. The van der Waals surface area contributed by atoms with Gasteiger partial charge >= 0.3 is 0 Å². The molecule has 6 nitrogen and oxygen atoms in total. The van der Waals surface area contributed by atoms with Crippen molar-refractivity contribution in [3.63, 3.8) is 0 Å². The maximum absolute atomic E-state index is 12.4. The Kier molecular flexibility index (Phi) is 6.88. The summed E-state index contributed by atoms with van der Waals surface area (Å²) < 4.78 is 21.3. The van der Waals surface area contributed by atoms with Gasteiger partial charge in [-0.1, -0.05) is 12.7 Å². The molecule has 0 aromatic heterocycles. The standard InChI is InChI=1S/C21H22O6/c1-5-12-27-15-8-9-16(18(23)13-15)17(22)10-6-14-7-11-19(24-2)21(26-4)20(14)25-3/h5-11,13,23H,1,12H2,2-4H3/b10-6+. The van der Waals surface area contributed by atoms with Crippen molar-refractivity contribution < 1.29 is 28.8 Å². The Morgan fingerprint density at radius 2 is 1.81 bits per heavy atom. The van der Waals surface area contributed by atoms with Crippen LogP contribution in [0, 0.1) is 0 Å². The molecule has 0 saturated carbocycles. The smallest absolute Gasteiger partial charge is 0.203 e. The monoisotopic (exact) mass is 370 g/mol. The van der Waals surface area contributed by atoms with Crippen molar-refractivity contribution >= 4 is 11.9 Å². The van der Waals surface area contributed by atoms with E-state index in [9.17, 15) is 9.90 Å². The van der Waals surface area contributed by atoms with Crippen LogP contribution in [0.1, 0.15) is 15.9 Å². The highest BCUT2D eigenvalue weighted by molar-refractivity contribution is 6.08. The van der Waals surface area contributed by atoms with Crippen molar-refractivity contribution in [1.29, 1.82) is 0 Å². The van der Waals surface area contributed by atoms with Gasteiger partial charge in [0.1, 0.15) is 18.1 Å². The number of carbonyl (C=O) groups is 1. The Labute approximate surface area is 158 Å². The minimum Gasteiger partial charge on any atom is -0.507 e. The van der Waals surface area contributed by atoms with Crippen LogP contribution >= 0.6 is 0 Å². The van der Waals surface area contributed by atoms with E-state index in [-0.39, 0.29) is 17.1 Å². The average Bonchev–Trinajstić information content (AvgIpc) is 2.69. The topological polar surface area (TPSA) is 74.2 Å². The van der Waals surface area contributed by atoms with Crippen molar-refractivity contribution in [2.45, 2.75) is 0 Å². The van der Waals surface area contributed by atoms with E-state index in [0.29, 0.717) is 35.2 Å². The molecule has 0 saturated heterocycles. The van der Waals surface area contributed by atoms with Gasteiger partial charge in [0.15, 0.2) is 17.3 Å². The lowest BCUT2D eigenvalue weighted by Crippen LogP contribution is -1.98. The number of phenolic OH excluding ortho intramolecular Hbond substituents is 1. The molecule has 2 rings (SSSR count). The first-order valence-corrected chi connectivity index (χ1v) is 8.13. The second-order valence-electron chi connectivity index (χ2n) is 5.40. The second-order valence-corrected chi connectivity index (χ2v) is 5.40. The minimum atomic E-state index is -0.361. The zero-order valence-electron chi connectivity index (χ0n) is 15.5. The molecule has 0 heterocycles. The number of benzene rings is 2. The zero-order chi connectivity index (χ0) is 19.8. The molecule has 0 aliphatic rings. The number of hydrogen-bond acceptors (Lipinski definition) is 6. The third-order valence-electron chi connectivity index (χ3n) is 3.75. The molecule has 0 atom stereocenters. The van der Waals surface area contributed by atoms with E-state index in [1.165, 1.54) is 39.5 Å². The molecule has 0 aliphatic carbocycles. The first-order chi connectivity index (χ1) is 13.0. The van der Waals surface area contributed by atoms with Crippen LogP contribution in [0.15, 0.2) is 49.1 Å². The summed E-state index contributed by atoms with van der Waals surface area (Å²) in [5.41, 5.74) is 0.797. The third kappa shape index (κ3) is 4.61. The van der Waals surface area contributed by atoms with E-state index in [4.69, 9.17) is 18.9 Å². The van der Waals surface area contributed by atoms with Crippen LogP contribution in [0.3, 0.4) is 0 Å². The van der Waals surface area contributed by atoms with E-state index in [0.717, 1.165) is 0 Å². The molecule has 142 valence electrons. The second kappa shape index (κ2) is 9.33. The average molecular weight is 370 g/mol. The van der Waals surface area contributed by atoms with Crippen LogP contribution < -0.4 is 18.9 Å². The molecular weight excluding hydrogens is 348 g/mol. The highest BCUT2D eigenvalue weighted by atomic mass is 16.5. The Bertz CT molecular complexity index is 854. The van der Waals surface area contributed by atoms with E-state index >= 15 is 0 Å². The van der Waals surface area contributed by atoms with Gasteiger partial charge in [-0.2, -0.15) is 0 Å². The predicted molar refractivity (Wildman–Crippen MR) is 103 cm³/mol. The summed E-state index contributed by atoms with van der Waals surface area (Å²) in [4.78, 5) is 12.4. The number of carbonyl (C=O) groups excluding carboxylic acids is 1. The Morgan fingerprint density at radius 1 is 1.07 bits per heavy atom. The maximum atomic E-state index is 12.4. The van der Waals surface area contributed by atoms with Crippen LogP contribution in [-0.4, -0.2) is 38.8 Å². The molecule has 2 aromatic carbocycles. The summed E-state index contributed by atoms with van der Waals surface area (Å²) in [6.07, 6.45) is 4.53. The van der Waals surface area contributed by atoms with E-state index in [2.05, 4.69) is 6.58 Å². The summed E-state index contributed by atoms with van der Waals surface area (Å²) >= 11 is 0. The molecule has 0 amide bonds. The third-order valence-corrected chi connectivity index (χ3v) is 3.75. The number of ketones is 1. The van der Waals surface area contributed by atoms with Gasteiger partial charge in [0.25, 0.3) is 0 Å². The normalized spacial score (nSPS) is 10.5. The molecule has 0 aliphatic heterocycles. The highest BCUT2D eigenvalue weighted by Gasteiger charge is 2.15. The van der Waals surface area contributed by atoms with Gasteiger partial charge in [-0.3, -0.25) is 4.79 Å². The van der Waals surface area contributed by atoms with Gasteiger partial charge < -0.3 is 24.1 Å². The van der Waals surface area contributed by atoms with Crippen LogP contribution in [-0.2, 0) is 0 Å². The SMILES string of the molecule is C=CCOc1ccc(C(=O)/C=C/c2ccc(OC)c(OC)c2OC)c(O)c1. The molecule has 2 aromatic rings. The lowest BCUT2D eigenvalue weighted by molar-refractivity contribution is 0.104. The van der Waals surface area contributed by atoms with Crippen molar-refractivity contribution in [2.24, 2.45) is 0 Å². The van der Waals surface area contributed by atoms with Crippen LogP contribution in [0.2, 0.25) is 0 Å². The molecule has 1 N–H and O–H groups in total. The van der Waals surface area contributed by atoms with Crippen LogP contribution in [0.5, 0.6) is 28.7 Å². The van der Waals surface area contributed by atoms with Crippen LogP contribution in [0.25, 0.3) is 6.08 Å². The Morgan fingerprint density at radius 3 is 2.41 bits per heavy atom. The largest absolute Gasteiger partial charge is 0.507 e. The van der Waals surface area contributed by atoms with Crippen molar-refractivity contribution in [2.75, 3.05) is 27.9 Å². The molecule has 0 spiro atoms. The van der Waals surface area contributed by atoms with E-state index in [1.54, 1.807) is 30.4 Å². The van der Waals surface area contributed by atoms with Gasteiger partial charge in [-0.15, -0.1) is 0 Å². The molecule has 0 radical (unpaired) electrons. The summed E-state index contributed by atoms with van der Waals surface area (Å²) in [6.45, 7) is 3.87. The van der Waals surface area contributed by atoms with Gasteiger partial charge in [-0.05, 0) is 36.4 Å². The summed E-state index contributed by atoms with van der Waals surface area (Å²) in [7, 11) is 4.54. The molecule has 27 heavy (non-hydrogen) atoms. The molecular formula is C21H22O6. The quantitative estimate of drug-likeness (QED) is 0.410. The summed E-state index contributed by atoms with van der Waals surface area (Å²) in [5, 5.41) is 10.1. The predicted octanol–water partition coefficient (Wildman–Crippen LogP) is 3.88. The highest BCUT2D eigenvalue weighted by Crippen LogP contribution is 2.40. The lowest BCUT2D eigenvalue weighted by Gasteiger charge is -2.14. The molecule has 6 heteroatoms. The fraction of sp³-hybridized carbons (Fsp3) is 0.190. The van der Waals surface area contributed by atoms with Gasteiger partial charge in [0.2, 0.25) is 5.75 Å². The summed E-state index contributed by atoms with van der Waals surface area (Å²) in [6, 6.07) is 7.97. The number of aromatic hydroxyl groups is 1. The van der Waals surface area contributed by atoms with Gasteiger partial charge in [0.05, 0.1) is 26.9 Å². The summed E-state index contributed by atoms with van der Waals surface area (Å²) in [5.74, 6) is 1.32. The number of rotatable bonds is 9. The molecule has 0 unspecified atom stereocenters. The molecule has 0 bridgehead atoms. The first-order valence-electron chi connectivity index (χ1n) is 8.13. The first kappa shape index (κ1) is 19.9. The Balaban J connectivity index is 2.28. The lowest BCUT2D eigenvalue weighted by atomic mass is 10.1.